The third kappa shape index (κ3) is 3.32. The van der Waals surface area contributed by atoms with Crippen LogP contribution in [0.5, 0.6) is 0 Å². The summed E-state index contributed by atoms with van der Waals surface area (Å²) in [5.41, 5.74) is 0. The normalized spacial score (nSPS) is 24.8. The largest absolute Gasteiger partial charge is 0.252 e. The van der Waals surface area contributed by atoms with Gasteiger partial charge in [-0.2, -0.15) is 4.31 Å². The lowest BCUT2D eigenvalue weighted by atomic mass is 9.87. The van der Waals surface area contributed by atoms with E-state index in [-0.39, 0.29) is 6.04 Å². The van der Waals surface area contributed by atoms with Crippen LogP contribution in [0.15, 0.2) is 16.3 Å². The Morgan fingerprint density at radius 3 is 2.47 bits per heavy atom. The van der Waals surface area contributed by atoms with E-state index < -0.39 is 10.0 Å². The van der Waals surface area contributed by atoms with Crippen LogP contribution in [-0.2, 0) is 15.9 Å². The van der Waals surface area contributed by atoms with Gasteiger partial charge in [-0.3, -0.25) is 0 Å². The van der Waals surface area contributed by atoms with Crippen LogP contribution in [0.25, 0.3) is 0 Å². The third-order valence-corrected chi connectivity index (χ3v) is 7.81. The predicted molar refractivity (Wildman–Crippen MR) is 80.2 cm³/mol. The summed E-state index contributed by atoms with van der Waals surface area (Å²) in [6.07, 6.45) is 4.15. The van der Waals surface area contributed by atoms with E-state index in [9.17, 15) is 8.42 Å². The monoisotopic (exact) mass is 321 g/mol. The molecule has 3 nitrogen and oxygen atoms in total. The van der Waals surface area contributed by atoms with Crippen LogP contribution in [0.2, 0.25) is 0 Å². The first-order chi connectivity index (χ1) is 8.95. The Morgan fingerprint density at radius 2 is 1.95 bits per heavy atom. The van der Waals surface area contributed by atoms with Gasteiger partial charge in [0.2, 0.25) is 0 Å². The Labute approximate surface area is 124 Å². The summed E-state index contributed by atoms with van der Waals surface area (Å²) < 4.78 is 27.0. The molecule has 1 aliphatic carbocycles. The van der Waals surface area contributed by atoms with Crippen molar-refractivity contribution >= 4 is 33.0 Å². The molecule has 1 saturated carbocycles. The van der Waals surface area contributed by atoms with Gasteiger partial charge >= 0.3 is 0 Å². The molecule has 0 unspecified atom stereocenters. The fraction of sp³-hybridized carbons (Fsp3) is 0.692. The fourth-order valence-corrected chi connectivity index (χ4v) is 5.57. The van der Waals surface area contributed by atoms with Gasteiger partial charge in [-0.1, -0.05) is 6.92 Å². The molecule has 1 aromatic rings. The topological polar surface area (TPSA) is 37.4 Å². The molecule has 1 heterocycles. The summed E-state index contributed by atoms with van der Waals surface area (Å²) in [6, 6.07) is 3.60. The minimum Gasteiger partial charge on any atom is -0.206 e. The van der Waals surface area contributed by atoms with Gasteiger partial charge in [0.05, 0.1) is 5.88 Å². The molecule has 0 radical (unpaired) electrons. The quantitative estimate of drug-likeness (QED) is 0.793. The van der Waals surface area contributed by atoms with Crippen molar-refractivity contribution in [3.63, 3.8) is 0 Å². The van der Waals surface area contributed by atoms with E-state index in [4.69, 9.17) is 11.6 Å². The molecule has 0 saturated heterocycles. The molecule has 108 valence electrons. The fourth-order valence-electron chi connectivity index (χ4n) is 2.51. The highest BCUT2D eigenvalue weighted by atomic mass is 35.5. The standard InChI is InChI=1S/C13H20ClNO2S2/c1-10-3-5-11(6-4-10)15(2)19(16,17)13-8-7-12(9-14)18-13/h7-8,10-11H,3-6,9H2,1-2H3. The van der Waals surface area contributed by atoms with Gasteiger partial charge in [-0.25, -0.2) is 8.42 Å². The molecule has 2 rings (SSSR count). The van der Waals surface area contributed by atoms with Crippen LogP contribution < -0.4 is 0 Å². The van der Waals surface area contributed by atoms with Gasteiger partial charge in [0.15, 0.2) is 0 Å². The molecule has 0 aromatic carbocycles. The minimum absolute atomic E-state index is 0.141. The lowest BCUT2D eigenvalue weighted by Crippen LogP contribution is -2.38. The number of nitrogens with zero attached hydrogens (tertiary/aromatic N) is 1. The van der Waals surface area contributed by atoms with Crippen LogP contribution in [0, 0.1) is 5.92 Å². The summed E-state index contributed by atoms with van der Waals surface area (Å²) >= 11 is 7.01. The summed E-state index contributed by atoms with van der Waals surface area (Å²) in [6.45, 7) is 2.23. The first kappa shape index (κ1) is 15.3. The highest BCUT2D eigenvalue weighted by Gasteiger charge is 2.31. The Hall–Kier alpha value is -0.100. The second kappa shape index (κ2) is 6.12. The predicted octanol–water partition coefficient (Wildman–Crippen LogP) is 3.69. The average molecular weight is 322 g/mol. The van der Waals surface area contributed by atoms with Gasteiger partial charge in [0.1, 0.15) is 4.21 Å². The molecule has 0 spiro atoms. The average Bonchev–Trinajstić information content (AvgIpc) is 2.88. The van der Waals surface area contributed by atoms with E-state index in [0.29, 0.717) is 10.1 Å². The molecule has 1 fully saturated rings. The molecule has 0 aliphatic heterocycles. The molecule has 1 aliphatic rings. The second-order valence-corrected chi connectivity index (χ2v) is 8.95. The van der Waals surface area contributed by atoms with Crippen molar-refractivity contribution in [3.05, 3.63) is 17.0 Å². The number of halogens is 1. The third-order valence-electron chi connectivity index (χ3n) is 3.90. The Kier molecular flexibility index (Phi) is 4.93. The van der Waals surface area contributed by atoms with Gasteiger partial charge < -0.3 is 0 Å². The number of rotatable bonds is 4. The van der Waals surface area contributed by atoms with Gasteiger partial charge in [-0.05, 0) is 43.7 Å². The van der Waals surface area contributed by atoms with E-state index in [0.717, 1.165) is 36.5 Å². The molecule has 1 aromatic heterocycles. The molecular weight excluding hydrogens is 302 g/mol. The van der Waals surface area contributed by atoms with Crippen molar-refractivity contribution in [2.75, 3.05) is 7.05 Å². The van der Waals surface area contributed by atoms with Crippen LogP contribution in [0.4, 0.5) is 0 Å². The van der Waals surface area contributed by atoms with E-state index in [2.05, 4.69) is 6.92 Å². The SMILES string of the molecule is CC1CCC(N(C)S(=O)(=O)c2ccc(CCl)s2)CC1. The van der Waals surface area contributed by atoms with Crippen LogP contribution in [-0.4, -0.2) is 25.8 Å². The molecule has 0 N–H and O–H groups in total. The first-order valence-electron chi connectivity index (χ1n) is 6.58. The Balaban J connectivity index is 2.14. The Bertz CT molecular complexity index is 519. The number of alkyl halides is 1. The molecule has 0 atom stereocenters. The molecule has 6 heteroatoms. The maximum absolute atomic E-state index is 12.5. The second-order valence-electron chi connectivity index (χ2n) is 5.29. The van der Waals surface area contributed by atoms with E-state index >= 15 is 0 Å². The maximum Gasteiger partial charge on any atom is 0.252 e. The van der Waals surface area contributed by atoms with Crippen LogP contribution in [0.1, 0.15) is 37.5 Å². The van der Waals surface area contributed by atoms with E-state index in [1.807, 2.05) is 0 Å². The van der Waals surface area contributed by atoms with Crippen molar-refractivity contribution in [3.8, 4) is 0 Å². The summed E-state index contributed by atoms with van der Waals surface area (Å²) in [7, 11) is -1.65. The molecular formula is C13H20ClNO2S2. The minimum atomic E-state index is -3.35. The van der Waals surface area contributed by atoms with Gasteiger partial charge in [0.25, 0.3) is 10.0 Å². The van der Waals surface area contributed by atoms with E-state index in [1.165, 1.54) is 11.3 Å². The van der Waals surface area contributed by atoms with E-state index in [1.54, 1.807) is 23.5 Å². The summed E-state index contributed by atoms with van der Waals surface area (Å²) in [5.74, 6) is 1.09. The van der Waals surface area contributed by atoms with Gasteiger partial charge in [-0.15, -0.1) is 22.9 Å². The zero-order valence-electron chi connectivity index (χ0n) is 11.3. The molecule has 19 heavy (non-hydrogen) atoms. The van der Waals surface area contributed by atoms with Crippen LogP contribution >= 0.6 is 22.9 Å². The van der Waals surface area contributed by atoms with Crippen molar-refractivity contribution in [2.24, 2.45) is 5.92 Å². The first-order valence-corrected chi connectivity index (χ1v) is 9.37. The Morgan fingerprint density at radius 1 is 1.32 bits per heavy atom. The number of hydrogen-bond acceptors (Lipinski definition) is 3. The van der Waals surface area contributed by atoms with Crippen molar-refractivity contribution < 1.29 is 8.42 Å². The molecule has 0 bridgehead atoms. The zero-order chi connectivity index (χ0) is 14.0. The maximum atomic E-state index is 12.5. The summed E-state index contributed by atoms with van der Waals surface area (Å²) in [5, 5.41) is 0. The lowest BCUT2D eigenvalue weighted by molar-refractivity contribution is 0.246. The molecule has 0 amide bonds. The van der Waals surface area contributed by atoms with Crippen LogP contribution in [0.3, 0.4) is 0 Å². The van der Waals surface area contributed by atoms with Crippen molar-refractivity contribution in [1.82, 2.24) is 4.31 Å². The van der Waals surface area contributed by atoms with Crippen molar-refractivity contribution in [2.45, 2.75) is 48.7 Å². The number of sulfonamides is 1. The smallest absolute Gasteiger partial charge is 0.206 e. The summed E-state index contributed by atoms with van der Waals surface area (Å²) in [4.78, 5) is 0.894. The lowest BCUT2D eigenvalue weighted by Gasteiger charge is -2.32. The highest BCUT2D eigenvalue weighted by Crippen LogP contribution is 2.31. The van der Waals surface area contributed by atoms with Gasteiger partial charge in [0, 0.05) is 18.0 Å². The number of thiophene rings is 1. The zero-order valence-corrected chi connectivity index (χ0v) is 13.7. The highest BCUT2D eigenvalue weighted by molar-refractivity contribution is 7.91. The van der Waals surface area contributed by atoms with Crippen molar-refractivity contribution in [1.29, 1.82) is 0 Å². The number of hydrogen-bond donors (Lipinski definition) is 0.